The van der Waals surface area contributed by atoms with E-state index in [9.17, 15) is 4.39 Å². The molecule has 1 heterocycles. The molecule has 0 aromatic heterocycles. The van der Waals surface area contributed by atoms with Gasteiger partial charge in [0.2, 0.25) is 0 Å². The van der Waals surface area contributed by atoms with Crippen LogP contribution in [-0.4, -0.2) is 32.5 Å². The number of anilines is 1. The first-order chi connectivity index (χ1) is 11.1. The molecule has 4 heteroatoms. The highest BCUT2D eigenvalue weighted by Gasteiger charge is 2.14. The Labute approximate surface area is 136 Å². The zero-order valence-corrected chi connectivity index (χ0v) is 13.6. The normalized spacial score (nSPS) is 15.3. The molecular formula is C19H21FN2O. The van der Waals surface area contributed by atoms with Crippen LogP contribution in [-0.2, 0) is 4.74 Å². The molecule has 3 rings (SSSR count). The van der Waals surface area contributed by atoms with Gasteiger partial charge in [-0.05, 0) is 54.8 Å². The summed E-state index contributed by atoms with van der Waals surface area (Å²) in [6, 6.07) is 11.3. The first kappa shape index (κ1) is 15.7. The van der Waals surface area contributed by atoms with Gasteiger partial charge < -0.3 is 9.64 Å². The number of benzene rings is 2. The van der Waals surface area contributed by atoms with Crippen LogP contribution in [0.2, 0.25) is 0 Å². The summed E-state index contributed by atoms with van der Waals surface area (Å²) >= 11 is 0. The van der Waals surface area contributed by atoms with E-state index < -0.39 is 0 Å². The lowest BCUT2D eigenvalue weighted by Crippen LogP contribution is -2.36. The summed E-state index contributed by atoms with van der Waals surface area (Å²) in [4.78, 5) is 6.45. The smallest absolute Gasteiger partial charge is 0.147 e. The molecule has 23 heavy (non-hydrogen) atoms. The van der Waals surface area contributed by atoms with Crippen LogP contribution in [0.15, 0.2) is 41.4 Å². The fourth-order valence-electron chi connectivity index (χ4n) is 2.62. The van der Waals surface area contributed by atoms with E-state index in [0.717, 1.165) is 24.3 Å². The Morgan fingerprint density at radius 1 is 1.04 bits per heavy atom. The number of nitrogens with zero attached hydrogens (tertiary/aromatic N) is 2. The van der Waals surface area contributed by atoms with Crippen molar-refractivity contribution >= 4 is 17.6 Å². The first-order valence-electron chi connectivity index (χ1n) is 7.87. The van der Waals surface area contributed by atoms with Crippen molar-refractivity contribution in [2.45, 2.75) is 13.8 Å². The number of aryl methyl sites for hydroxylation is 2. The summed E-state index contributed by atoms with van der Waals surface area (Å²) in [6.07, 6.45) is 1.70. The van der Waals surface area contributed by atoms with Gasteiger partial charge in [0, 0.05) is 19.3 Å². The van der Waals surface area contributed by atoms with Crippen molar-refractivity contribution in [2.75, 3.05) is 31.2 Å². The van der Waals surface area contributed by atoms with Gasteiger partial charge in [-0.1, -0.05) is 12.1 Å². The molecule has 0 spiro atoms. The third kappa shape index (κ3) is 3.77. The number of hydrogen-bond donors (Lipinski definition) is 0. The van der Waals surface area contributed by atoms with E-state index in [2.05, 4.69) is 18.8 Å². The van der Waals surface area contributed by atoms with Crippen LogP contribution in [0.25, 0.3) is 0 Å². The van der Waals surface area contributed by atoms with Crippen LogP contribution < -0.4 is 4.90 Å². The monoisotopic (exact) mass is 312 g/mol. The average Bonchev–Trinajstić information content (AvgIpc) is 2.57. The van der Waals surface area contributed by atoms with E-state index in [0.29, 0.717) is 18.9 Å². The Balaban J connectivity index is 1.76. The van der Waals surface area contributed by atoms with Crippen LogP contribution in [0, 0.1) is 19.7 Å². The second-order valence-electron chi connectivity index (χ2n) is 5.84. The van der Waals surface area contributed by atoms with Gasteiger partial charge in [-0.2, -0.15) is 0 Å². The van der Waals surface area contributed by atoms with Crippen LogP contribution in [0.5, 0.6) is 0 Å². The minimum atomic E-state index is -0.212. The van der Waals surface area contributed by atoms with Gasteiger partial charge in [-0.3, -0.25) is 4.99 Å². The molecule has 120 valence electrons. The molecule has 0 N–H and O–H groups in total. The topological polar surface area (TPSA) is 24.8 Å². The maximum absolute atomic E-state index is 14.3. The van der Waals surface area contributed by atoms with Gasteiger partial charge in [0.05, 0.1) is 24.6 Å². The van der Waals surface area contributed by atoms with E-state index in [4.69, 9.17) is 4.74 Å². The third-order valence-electron chi connectivity index (χ3n) is 4.18. The Hall–Kier alpha value is -2.20. The Bertz CT molecular complexity index is 721. The van der Waals surface area contributed by atoms with Crippen molar-refractivity contribution in [3.05, 3.63) is 58.9 Å². The summed E-state index contributed by atoms with van der Waals surface area (Å²) in [5.41, 5.74) is 4.72. The van der Waals surface area contributed by atoms with Gasteiger partial charge in [0.1, 0.15) is 5.82 Å². The molecule has 1 aliphatic heterocycles. The maximum Gasteiger partial charge on any atom is 0.147 e. The predicted octanol–water partition coefficient (Wildman–Crippen LogP) is 4.03. The minimum absolute atomic E-state index is 0.212. The Kier molecular flexibility index (Phi) is 4.72. The second-order valence-corrected chi connectivity index (χ2v) is 5.84. The van der Waals surface area contributed by atoms with Crippen LogP contribution in [0.3, 0.4) is 0 Å². The Morgan fingerprint density at radius 3 is 2.52 bits per heavy atom. The third-order valence-corrected chi connectivity index (χ3v) is 4.18. The van der Waals surface area contributed by atoms with E-state index in [1.165, 1.54) is 17.2 Å². The molecule has 1 saturated heterocycles. The zero-order valence-electron chi connectivity index (χ0n) is 13.6. The molecule has 1 aliphatic rings. The fourth-order valence-corrected chi connectivity index (χ4v) is 2.62. The summed E-state index contributed by atoms with van der Waals surface area (Å²) < 4.78 is 19.6. The molecule has 0 bridgehead atoms. The van der Waals surface area contributed by atoms with Crippen molar-refractivity contribution in [3.63, 3.8) is 0 Å². The van der Waals surface area contributed by atoms with Crippen LogP contribution >= 0.6 is 0 Å². The quantitative estimate of drug-likeness (QED) is 0.799. The number of halogens is 1. The molecule has 0 saturated carbocycles. The van der Waals surface area contributed by atoms with Gasteiger partial charge in [0.15, 0.2) is 0 Å². The van der Waals surface area contributed by atoms with Crippen molar-refractivity contribution in [1.29, 1.82) is 0 Å². The van der Waals surface area contributed by atoms with Crippen molar-refractivity contribution < 1.29 is 9.13 Å². The second kappa shape index (κ2) is 6.92. The molecule has 2 aromatic rings. The summed E-state index contributed by atoms with van der Waals surface area (Å²) in [6.45, 7) is 6.89. The average molecular weight is 312 g/mol. The molecule has 3 nitrogen and oxygen atoms in total. The van der Waals surface area contributed by atoms with Crippen molar-refractivity contribution in [2.24, 2.45) is 4.99 Å². The van der Waals surface area contributed by atoms with Gasteiger partial charge in [-0.15, -0.1) is 0 Å². The van der Waals surface area contributed by atoms with Gasteiger partial charge >= 0.3 is 0 Å². The summed E-state index contributed by atoms with van der Waals surface area (Å²) in [7, 11) is 0. The fraction of sp³-hybridized carbons (Fsp3) is 0.316. The lowest BCUT2D eigenvalue weighted by atomic mass is 10.1. The maximum atomic E-state index is 14.3. The standard InChI is InChI=1S/C19H21FN2O/c1-14-3-5-17(11-15(14)2)21-13-16-4-6-19(18(20)12-16)22-7-9-23-10-8-22/h3-6,11-13H,7-10H2,1-2H3. The molecule has 0 atom stereocenters. The summed E-state index contributed by atoms with van der Waals surface area (Å²) in [5, 5.41) is 0. The van der Waals surface area contributed by atoms with Crippen molar-refractivity contribution in [1.82, 2.24) is 0 Å². The van der Waals surface area contributed by atoms with Crippen LogP contribution in [0.4, 0.5) is 15.8 Å². The largest absolute Gasteiger partial charge is 0.378 e. The molecule has 0 aliphatic carbocycles. The summed E-state index contributed by atoms with van der Waals surface area (Å²) in [5.74, 6) is -0.212. The number of morpholine rings is 1. The van der Waals surface area contributed by atoms with E-state index in [1.54, 1.807) is 6.21 Å². The number of hydrogen-bond acceptors (Lipinski definition) is 3. The predicted molar refractivity (Wildman–Crippen MR) is 92.6 cm³/mol. The van der Waals surface area contributed by atoms with Gasteiger partial charge in [0.25, 0.3) is 0 Å². The highest BCUT2D eigenvalue weighted by Crippen LogP contribution is 2.22. The Morgan fingerprint density at radius 2 is 1.83 bits per heavy atom. The molecule has 2 aromatic carbocycles. The number of rotatable bonds is 3. The highest BCUT2D eigenvalue weighted by atomic mass is 19.1. The van der Waals surface area contributed by atoms with E-state index in [1.807, 2.05) is 35.2 Å². The number of ether oxygens (including phenoxy) is 1. The van der Waals surface area contributed by atoms with Gasteiger partial charge in [-0.25, -0.2) is 4.39 Å². The lowest BCUT2D eigenvalue weighted by molar-refractivity contribution is 0.122. The SMILES string of the molecule is Cc1ccc(N=Cc2ccc(N3CCOCC3)c(F)c2)cc1C. The minimum Gasteiger partial charge on any atom is -0.378 e. The number of aliphatic imine (C=N–C) groups is 1. The van der Waals surface area contributed by atoms with E-state index >= 15 is 0 Å². The molecule has 0 radical (unpaired) electrons. The lowest BCUT2D eigenvalue weighted by Gasteiger charge is -2.29. The zero-order chi connectivity index (χ0) is 16.2. The molecule has 0 amide bonds. The van der Waals surface area contributed by atoms with Crippen molar-refractivity contribution in [3.8, 4) is 0 Å². The van der Waals surface area contributed by atoms with Crippen LogP contribution in [0.1, 0.15) is 16.7 Å². The first-order valence-corrected chi connectivity index (χ1v) is 7.87. The molecule has 1 fully saturated rings. The van der Waals surface area contributed by atoms with E-state index in [-0.39, 0.29) is 5.82 Å². The highest BCUT2D eigenvalue weighted by molar-refractivity contribution is 5.82. The molecule has 0 unspecified atom stereocenters. The molecular weight excluding hydrogens is 291 g/mol.